The fourth-order valence-electron chi connectivity index (χ4n) is 2.97. The van der Waals surface area contributed by atoms with Gasteiger partial charge >= 0.3 is 0 Å². The number of hydrogen-bond acceptors (Lipinski definition) is 2. The molecule has 4 nitrogen and oxygen atoms in total. The van der Waals surface area contributed by atoms with Crippen molar-refractivity contribution < 1.29 is 9.59 Å². The van der Waals surface area contributed by atoms with Gasteiger partial charge in [0.1, 0.15) is 0 Å². The summed E-state index contributed by atoms with van der Waals surface area (Å²) < 4.78 is 0. The average molecular weight is 372 g/mol. The second kappa shape index (κ2) is 8.09. The molecular formula is C24H24N2O2. The number of rotatable bonds is 4. The van der Waals surface area contributed by atoms with Gasteiger partial charge in [-0.1, -0.05) is 63.2 Å². The van der Waals surface area contributed by atoms with Crippen LogP contribution >= 0.6 is 0 Å². The number of carbonyl (C=O) groups is 2. The van der Waals surface area contributed by atoms with Crippen molar-refractivity contribution in [2.45, 2.75) is 26.2 Å². The Morgan fingerprint density at radius 2 is 1.25 bits per heavy atom. The van der Waals surface area contributed by atoms with Gasteiger partial charge < -0.3 is 10.6 Å². The van der Waals surface area contributed by atoms with Crippen molar-refractivity contribution in [3.63, 3.8) is 0 Å². The lowest BCUT2D eigenvalue weighted by atomic mass is 9.86. The van der Waals surface area contributed by atoms with E-state index in [4.69, 9.17) is 0 Å². The van der Waals surface area contributed by atoms with Crippen LogP contribution in [0.3, 0.4) is 0 Å². The number of benzene rings is 3. The van der Waals surface area contributed by atoms with Crippen LogP contribution in [-0.4, -0.2) is 11.8 Å². The second-order valence-electron chi connectivity index (χ2n) is 7.65. The maximum atomic E-state index is 12.8. The Labute approximate surface area is 165 Å². The van der Waals surface area contributed by atoms with E-state index in [0.717, 1.165) is 11.3 Å². The lowest BCUT2D eigenvalue weighted by Crippen LogP contribution is -2.19. The molecule has 0 unspecified atom stereocenters. The van der Waals surface area contributed by atoms with Crippen LogP contribution in [0.2, 0.25) is 0 Å². The molecule has 0 atom stereocenters. The predicted molar refractivity (Wildman–Crippen MR) is 114 cm³/mol. The predicted octanol–water partition coefficient (Wildman–Crippen LogP) is 5.49. The molecule has 4 heteroatoms. The van der Waals surface area contributed by atoms with Gasteiger partial charge in [0.15, 0.2) is 0 Å². The highest BCUT2D eigenvalue weighted by molar-refractivity contribution is 6.09. The van der Waals surface area contributed by atoms with Gasteiger partial charge in [-0.15, -0.1) is 0 Å². The highest BCUT2D eigenvalue weighted by atomic mass is 16.2. The van der Waals surface area contributed by atoms with Gasteiger partial charge in [-0.25, -0.2) is 0 Å². The summed E-state index contributed by atoms with van der Waals surface area (Å²) in [5.74, 6) is -0.498. The SMILES string of the molecule is CC(C)(C)c1ccccc1NC(=O)c1cccc(C(=O)Nc2ccccc2)c1. The Bertz CT molecular complexity index is 989. The van der Waals surface area contributed by atoms with Crippen LogP contribution < -0.4 is 10.6 Å². The summed E-state index contributed by atoms with van der Waals surface area (Å²) in [5.41, 5.74) is 3.31. The number of anilines is 2. The van der Waals surface area contributed by atoms with Crippen LogP contribution in [-0.2, 0) is 5.41 Å². The van der Waals surface area contributed by atoms with Gasteiger partial charge in [-0.2, -0.15) is 0 Å². The normalized spacial score (nSPS) is 11.0. The molecule has 0 spiro atoms. The third-order valence-corrected chi connectivity index (χ3v) is 4.40. The molecule has 0 radical (unpaired) electrons. The number of carbonyl (C=O) groups excluding carboxylic acids is 2. The minimum atomic E-state index is -0.254. The van der Waals surface area contributed by atoms with E-state index >= 15 is 0 Å². The van der Waals surface area contributed by atoms with Crippen molar-refractivity contribution in [2.24, 2.45) is 0 Å². The van der Waals surface area contributed by atoms with Crippen molar-refractivity contribution in [3.05, 3.63) is 95.6 Å². The van der Waals surface area contributed by atoms with Crippen molar-refractivity contribution in [3.8, 4) is 0 Å². The third-order valence-electron chi connectivity index (χ3n) is 4.40. The van der Waals surface area contributed by atoms with Crippen LogP contribution in [0.4, 0.5) is 11.4 Å². The summed E-state index contributed by atoms with van der Waals surface area (Å²) in [4.78, 5) is 25.3. The van der Waals surface area contributed by atoms with E-state index in [1.165, 1.54) is 0 Å². The lowest BCUT2D eigenvalue weighted by molar-refractivity contribution is 0.102. The van der Waals surface area contributed by atoms with Gasteiger partial charge in [0, 0.05) is 22.5 Å². The molecule has 142 valence electrons. The van der Waals surface area contributed by atoms with E-state index in [1.54, 1.807) is 24.3 Å². The monoisotopic (exact) mass is 372 g/mol. The molecule has 2 N–H and O–H groups in total. The highest BCUT2D eigenvalue weighted by Crippen LogP contribution is 2.29. The van der Waals surface area contributed by atoms with Gasteiger partial charge in [-0.3, -0.25) is 9.59 Å². The Morgan fingerprint density at radius 1 is 0.679 bits per heavy atom. The maximum absolute atomic E-state index is 12.8. The Balaban J connectivity index is 1.79. The topological polar surface area (TPSA) is 58.2 Å². The van der Waals surface area contributed by atoms with Crippen LogP contribution in [0, 0.1) is 0 Å². The zero-order valence-electron chi connectivity index (χ0n) is 16.3. The summed E-state index contributed by atoms with van der Waals surface area (Å²) in [6.45, 7) is 6.31. The molecule has 0 bridgehead atoms. The van der Waals surface area contributed by atoms with Crippen LogP contribution in [0.1, 0.15) is 47.1 Å². The van der Waals surface area contributed by atoms with E-state index in [-0.39, 0.29) is 17.2 Å². The Morgan fingerprint density at radius 3 is 1.89 bits per heavy atom. The number of nitrogens with one attached hydrogen (secondary N) is 2. The van der Waals surface area contributed by atoms with Crippen LogP contribution in [0.25, 0.3) is 0 Å². The molecule has 0 aliphatic heterocycles. The smallest absolute Gasteiger partial charge is 0.255 e. The largest absolute Gasteiger partial charge is 0.322 e. The van der Waals surface area contributed by atoms with E-state index in [1.807, 2.05) is 54.6 Å². The number of amides is 2. The molecule has 0 saturated carbocycles. The second-order valence-corrected chi connectivity index (χ2v) is 7.65. The zero-order valence-corrected chi connectivity index (χ0v) is 16.3. The highest BCUT2D eigenvalue weighted by Gasteiger charge is 2.19. The quantitative estimate of drug-likeness (QED) is 0.636. The molecule has 0 heterocycles. The summed E-state index contributed by atoms with van der Waals surface area (Å²) in [7, 11) is 0. The standard InChI is InChI=1S/C24H24N2O2/c1-24(2,3)20-14-7-8-15-21(20)26-23(28)18-11-9-10-17(16-18)22(27)25-19-12-5-4-6-13-19/h4-16H,1-3H3,(H,25,27)(H,26,28). The Hall–Kier alpha value is -3.40. The van der Waals surface area contributed by atoms with Crippen molar-refractivity contribution in [1.29, 1.82) is 0 Å². The van der Waals surface area contributed by atoms with Gasteiger partial charge in [0.05, 0.1) is 0 Å². The molecule has 0 aliphatic carbocycles. The lowest BCUT2D eigenvalue weighted by Gasteiger charge is -2.23. The molecule has 0 aliphatic rings. The third kappa shape index (κ3) is 4.65. The van der Waals surface area contributed by atoms with E-state index in [2.05, 4.69) is 31.4 Å². The first-order valence-corrected chi connectivity index (χ1v) is 9.22. The molecule has 3 aromatic rings. The molecule has 3 rings (SSSR count). The minimum absolute atomic E-state index is 0.0959. The van der Waals surface area contributed by atoms with E-state index in [0.29, 0.717) is 16.8 Å². The minimum Gasteiger partial charge on any atom is -0.322 e. The summed E-state index contributed by atoms with van der Waals surface area (Å²) in [6, 6.07) is 23.7. The Kier molecular flexibility index (Phi) is 5.59. The van der Waals surface area contributed by atoms with Crippen molar-refractivity contribution >= 4 is 23.2 Å². The molecule has 28 heavy (non-hydrogen) atoms. The number of para-hydroxylation sites is 2. The molecule has 0 fully saturated rings. The summed E-state index contributed by atoms with van der Waals surface area (Å²) in [5, 5.41) is 5.81. The van der Waals surface area contributed by atoms with Crippen LogP contribution in [0.15, 0.2) is 78.9 Å². The number of hydrogen-bond donors (Lipinski definition) is 2. The molecular weight excluding hydrogens is 348 g/mol. The zero-order chi connectivity index (χ0) is 20.1. The molecule has 2 amide bonds. The van der Waals surface area contributed by atoms with Gasteiger partial charge in [-0.05, 0) is 47.4 Å². The first kappa shape index (κ1) is 19.4. The van der Waals surface area contributed by atoms with E-state index in [9.17, 15) is 9.59 Å². The first-order valence-electron chi connectivity index (χ1n) is 9.22. The summed E-state index contributed by atoms with van der Waals surface area (Å²) in [6.07, 6.45) is 0. The summed E-state index contributed by atoms with van der Waals surface area (Å²) >= 11 is 0. The average Bonchev–Trinajstić information content (AvgIpc) is 2.68. The molecule has 3 aromatic carbocycles. The van der Waals surface area contributed by atoms with Gasteiger partial charge in [0.2, 0.25) is 0 Å². The van der Waals surface area contributed by atoms with E-state index < -0.39 is 0 Å². The molecule has 0 saturated heterocycles. The van der Waals surface area contributed by atoms with Crippen LogP contribution in [0.5, 0.6) is 0 Å². The van der Waals surface area contributed by atoms with Crippen molar-refractivity contribution in [2.75, 3.05) is 10.6 Å². The first-order chi connectivity index (χ1) is 13.3. The van der Waals surface area contributed by atoms with Crippen molar-refractivity contribution in [1.82, 2.24) is 0 Å². The van der Waals surface area contributed by atoms with Gasteiger partial charge in [0.25, 0.3) is 11.8 Å². The fourth-order valence-corrected chi connectivity index (χ4v) is 2.97. The molecule has 0 aromatic heterocycles. The maximum Gasteiger partial charge on any atom is 0.255 e. The fraction of sp³-hybridized carbons (Fsp3) is 0.167.